The van der Waals surface area contributed by atoms with E-state index in [0.717, 1.165) is 49.6 Å². The summed E-state index contributed by atoms with van der Waals surface area (Å²) in [7, 11) is 2.20. The molecule has 4 rings (SSSR count). The van der Waals surface area contributed by atoms with Crippen molar-refractivity contribution in [1.82, 2.24) is 19.8 Å². The Hall–Kier alpha value is -1.69. The van der Waals surface area contributed by atoms with Crippen molar-refractivity contribution in [2.75, 3.05) is 25.5 Å². The number of nitrogens with one attached hydrogen (secondary N) is 1. The van der Waals surface area contributed by atoms with Crippen LogP contribution in [0, 0.1) is 6.92 Å². The number of carbonyl (C=O) groups excluding carboxylic acids is 1. The number of fused-ring (bicyclic) bond motifs is 2. The molecule has 2 unspecified atom stereocenters. The van der Waals surface area contributed by atoms with Gasteiger partial charge in [-0.05, 0) is 46.1 Å². The Morgan fingerprint density at radius 3 is 2.78 bits per heavy atom. The van der Waals surface area contributed by atoms with E-state index in [1.807, 2.05) is 11.8 Å². The highest BCUT2D eigenvalue weighted by Crippen LogP contribution is 2.42. The summed E-state index contributed by atoms with van der Waals surface area (Å²) in [4.78, 5) is 26.0. The van der Waals surface area contributed by atoms with Crippen LogP contribution in [0.1, 0.15) is 49.5 Å². The molecule has 23 heavy (non-hydrogen) atoms. The van der Waals surface area contributed by atoms with Crippen LogP contribution in [0.3, 0.4) is 0 Å². The summed E-state index contributed by atoms with van der Waals surface area (Å²) in [5.41, 5.74) is 1.81. The summed E-state index contributed by atoms with van der Waals surface area (Å²) >= 11 is 0. The minimum absolute atomic E-state index is 0.000281. The minimum atomic E-state index is 0.000281. The van der Waals surface area contributed by atoms with E-state index >= 15 is 0 Å². The standard InChI is InChI=1S/C17H25N5O/c1-11-18-9-15(16(19-11)12-3-4-12)20-17(23)22-8-7-13-5-6-14(10-22)21(13)2/h9,12-14H,3-8,10H2,1-2H3,(H,20,23). The zero-order valence-electron chi connectivity index (χ0n) is 14.0. The number of urea groups is 1. The molecule has 6 nitrogen and oxygen atoms in total. The van der Waals surface area contributed by atoms with Gasteiger partial charge in [-0.25, -0.2) is 14.8 Å². The predicted octanol–water partition coefficient (Wildman–Crippen LogP) is 2.36. The zero-order valence-corrected chi connectivity index (χ0v) is 14.0. The van der Waals surface area contributed by atoms with E-state index < -0.39 is 0 Å². The Morgan fingerprint density at radius 2 is 2.00 bits per heavy atom. The van der Waals surface area contributed by atoms with Gasteiger partial charge in [-0.1, -0.05) is 0 Å². The number of hydrogen-bond donors (Lipinski definition) is 1. The molecular weight excluding hydrogens is 290 g/mol. The van der Waals surface area contributed by atoms with Gasteiger partial charge in [-0.15, -0.1) is 0 Å². The number of aromatic nitrogens is 2. The normalized spacial score (nSPS) is 27.8. The molecule has 0 spiro atoms. The zero-order chi connectivity index (χ0) is 16.0. The number of anilines is 1. The van der Waals surface area contributed by atoms with Gasteiger partial charge < -0.3 is 10.2 Å². The van der Waals surface area contributed by atoms with Crippen LogP contribution in [-0.4, -0.2) is 58.0 Å². The first-order valence-corrected chi connectivity index (χ1v) is 8.73. The lowest BCUT2D eigenvalue weighted by atomic mass is 10.1. The Kier molecular flexibility index (Phi) is 3.71. The Labute approximate surface area is 137 Å². The first kappa shape index (κ1) is 14.9. The van der Waals surface area contributed by atoms with Crippen molar-refractivity contribution in [3.63, 3.8) is 0 Å². The third kappa shape index (κ3) is 2.92. The molecule has 0 aromatic carbocycles. The third-order valence-corrected chi connectivity index (χ3v) is 5.58. The van der Waals surface area contributed by atoms with Crippen LogP contribution in [0.15, 0.2) is 6.20 Å². The molecule has 1 aromatic heterocycles. The summed E-state index contributed by atoms with van der Waals surface area (Å²) in [5.74, 6) is 1.27. The van der Waals surface area contributed by atoms with Crippen molar-refractivity contribution < 1.29 is 4.79 Å². The van der Waals surface area contributed by atoms with Crippen molar-refractivity contribution in [3.8, 4) is 0 Å². The highest BCUT2D eigenvalue weighted by Gasteiger charge is 2.36. The van der Waals surface area contributed by atoms with Gasteiger partial charge in [-0.2, -0.15) is 0 Å². The van der Waals surface area contributed by atoms with Crippen LogP contribution >= 0.6 is 0 Å². The Morgan fingerprint density at radius 1 is 1.22 bits per heavy atom. The number of nitrogens with zero attached hydrogens (tertiary/aromatic N) is 4. The molecule has 1 aliphatic carbocycles. The van der Waals surface area contributed by atoms with E-state index in [1.165, 1.54) is 12.8 Å². The number of amides is 2. The number of hydrogen-bond acceptors (Lipinski definition) is 4. The summed E-state index contributed by atoms with van der Waals surface area (Å²) in [5, 5.41) is 3.07. The lowest BCUT2D eigenvalue weighted by Gasteiger charge is -2.26. The maximum Gasteiger partial charge on any atom is 0.321 e. The predicted molar refractivity (Wildman–Crippen MR) is 88.5 cm³/mol. The second-order valence-corrected chi connectivity index (χ2v) is 7.21. The van der Waals surface area contributed by atoms with Crippen LogP contribution in [0.4, 0.5) is 10.5 Å². The van der Waals surface area contributed by atoms with Crippen LogP contribution in [0.25, 0.3) is 0 Å². The molecule has 2 aliphatic heterocycles. The molecule has 2 amide bonds. The van der Waals surface area contributed by atoms with Gasteiger partial charge in [0.15, 0.2) is 0 Å². The SMILES string of the molecule is Cc1ncc(NC(=O)N2CCC3CCC(C2)N3C)c(C2CC2)n1. The Balaban J connectivity index is 1.48. The quantitative estimate of drug-likeness (QED) is 0.910. The largest absolute Gasteiger partial charge is 0.323 e. The van der Waals surface area contributed by atoms with Crippen molar-refractivity contribution >= 4 is 11.7 Å². The maximum atomic E-state index is 12.7. The maximum absolute atomic E-state index is 12.7. The second-order valence-electron chi connectivity index (χ2n) is 7.21. The Bertz CT molecular complexity index is 615. The van der Waals surface area contributed by atoms with Gasteiger partial charge in [0.25, 0.3) is 0 Å². The molecule has 0 radical (unpaired) electrons. The van der Waals surface area contributed by atoms with Gasteiger partial charge in [-0.3, -0.25) is 4.90 Å². The summed E-state index contributed by atoms with van der Waals surface area (Å²) < 4.78 is 0. The van der Waals surface area contributed by atoms with Gasteiger partial charge in [0, 0.05) is 31.1 Å². The fourth-order valence-corrected chi connectivity index (χ4v) is 3.94. The van der Waals surface area contributed by atoms with Crippen molar-refractivity contribution in [1.29, 1.82) is 0 Å². The highest BCUT2D eigenvalue weighted by atomic mass is 16.2. The van der Waals surface area contributed by atoms with Gasteiger partial charge in [0.05, 0.1) is 17.6 Å². The summed E-state index contributed by atoms with van der Waals surface area (Å²) in [6.45, 7) is 3.56. The summed E-state index contributed by atoms with van der Waals surface area (Å²) in [6, 6.07) is 1.15. The van der Waals surface area contributed by atoms with Crippen molar-refractivity contribution in [2.24, 2.45) is 0 Å². The second kappa shape index (κ2) is 5.74. The van der Waals surface area contributed by atoms with Crippen LogP contribution in [0.5, 0.6) is 0 Å². The molecule has 2 saturated heterocycles. The molecule has 1 saturated carbocycles. The van der Waals surface area contributed by atoms with E-state index in [9.17, 15) is 4.79 Å². The van der Waals surface area contributed by atoms with Gasteiger partial charge in [0.1, 0.15) is 5.82 Å². The van der Waals surface area contributed by atoms with Crippen molar-refractivity contribution in [3.05, 3.63) is 17.7 Å². The van der Waals surface area contributed by atoms with E-state index in [0.29, 0.717) is 18.0 Å². The van der Waals surface area contributed by atoms with Crippen LogP contribution in [-0.2, 0) is 0 Å². The topological polar surface area (TPSA) is 61.4 Å². The van der Waals surface area contributed by atoms with Crippen LogP contribution < -0.4 is 5.32 Å². The highest BCUT2D eigenvalue weighted by molar-refractivity contribution is 5.90. The third-order valence-electron chi connectivity index (χ3n) is 5.58. The molecule has 3 aliphatic rings. The first-order valence-electron chi connectivity index (χ1n) is 8.73. The molecule has 2 atom stereocenters. The molecule has 124 valence electrons. The van der Waals surface area contributed by atoms with E-state index in [4.69, 9.17) is 0 Å². The first-order chi connectivity index (χ1) is 11.1. The van der Waals surface area contributed by atoms with E-state index in [2.05, 4.69) is 27.2 Å². The molecule has 3 fully saturated rings. The molecule has 1 N–H and O–H groups in total. The lowest BCUT2D eigenvalue weighted by molar-refractivity contribution is 0.200. The molecular formula is C17H25N5O. The number of likely N-dealkylation sites (N-methyl/N-ethyl adjacent to an activating group) is 1. The molecule has 2 bridgehead atoms. The van der Waals surface area contributed by atoms with E-state index in [-0.39, 0.29) is 6.03 Å². The smallest absolute Gasteiger partial charge is 0.321 e. The van der Waals surface area contributed by atoms with Gasteiger partial charge in [0.2, 0.25) is 0 Å². The molecule has 3 heterocycles. The van der Waals surface area contributed by atoms with Gasteiger partial charge >= 0.3 is 6.03 Å². The number of aryl methyl sites for hydroxylation is 1. The fourth-order valence-electron chi connectivity index (χ4n) is 3.94. The molecule has 1 aromatic rings. The van der Waals surface area contributed by atoms with Crippen molar-refractivity contribution in [2.45, 2.75) is 57.0 Å². The fraction of sp³-hybridized carbons (Fsp3) is 0.706. The molecule has 6 heteroatoms. The monoisotopic (exact) mass is 315 g/mol. The van der Waals surface area contributed by atoms with Crippen LogP contribution in [0.2, 0.25) is 0 Å². The van der Waals surface area contributed by atoms with E-state index in [1.54, 1.807) is 6.20 Å². The minimum Gasteiger partial charge on any atom is -0.323 e. The average Bonchev–Trinajstić information content (AvgIpc) is 3.29. The lowest BCUT2D eigenvalue weighted by Crippen LogP contribution is -2.41. The number of carbonyl (C=O) groups is 1. The average molecular weight is 315 g/mol. The summed E-state index contributed by atoms with van der Waals surface area (Å²) in [6.07, 6.45) is 7.64. The number of likely N-dealkylation sites (tertiary alicyclic amines) is 1. The number of rotatable bonds is 2.